The molecule has 0 bridgehead atoms. The van der Waals surface area contributed by atoms with E-state index in [1.54, 1.807) is 0 Å². The van der Waals surface area contributed by atoms with Crippen LogP contribution in [0.3, 0.4) is 0 Å². The summed E-state index contributed by atoms with van der Waals surface area (Å²) < 4.78 is 5.28. The van der Waals surface area contributed by atoms with Gasteiger partial charge in [-0.05, 0) is 38.5 Å². The molecule has 8 heteroatoms. The highest BCUT2D eigenvalue weighted by molar-refractivity contribution is 5.88. The summed E-state index contributed by atoms with van der Waals surface area (Å²) in [5.41, 5.74) is -0.207. The largest absolute Gasteiger partial charge is 0.369 e. The van der Waals surface area contributed by atoms with E-state index in [4.69, 9.17) is 4.74 Å². The molecule has 0 aromatic heterocycles. The van der Waals surface area contributed by atoms with Crippen LogP contribution >= 0.6 is 0 Å². The van der Waals surface area contributed by atoms with Gasteiger partial charge >= 0.3 is 0 Å². The van der Waals surface area contributed by atoms with E-state index in [0.29, 0.717) is 19.4 Å². The van der Waals surface area contributed by atoms with Gasteiger partial charge < -0.3 is 20.7 Å². The molecule has 27 heavy (non-hydrogen) atoms. The first-order chi connectivity index (χ1) is 12.5. The van der Waals surface area contributed by atoms with Crippen LogP contribution in [0.4, 0.5) is 0 Å². The lowest BCUT2D eigenvalue weighted by molar-refractivity contribution is -0.133. The zero-order chi connectivity index (χ0) is 20.6. The summed E-state index contributed by atoms with van der Waals surface area (Å²) in [6.07, 6.45) is 1.24. The van der Waals surface area contributed by atoms with Crippen LogP contribution in [0, 0.1) is 22.7 Å². The predicted molar refractivity (Wildman–Crippen MR) is 100 cm³/mol. The van der Waals surface area contributed by atoms with Crippen LogP contribution in [-0.4, -0.2) is 49.1 Å². The molecule has 3 N–H and O–H groups in total. The number of carbonyl (C=O) groups excluding carboxylic acids is 3. The van der Waals surface area contributed by atoms with E-state index >= 15 is 0 Å². The minimum absolute atomic E-state index is 0.0881. The monoisotopic (exact) mass is 380 g/mol. The zero-order valence-corrected chi connectivity index (χ0v) is 16.9. The van der Waals surface area contributed by atoms with Crippen LogP contribution < -0.4 is 16.0 Å². The molecule has 0 aromatic rings. The summed E-state index contributed by atoms with van der Waals surface area (Å²) >= 11 is 0. The van der Waals surface area contributed by atoms with Crippen molar-refractivity contribution in [3.05, 3.63) is 0 Å². The fourth-order valence-corrected chi connectivity index (χ4v) is 2.87. The second kappa shape index (κ2) is 10.3. The van der Waals surface area contributed by atoms with E-state index in [1.807, 2.05) is 40.7 Å². The topological polar surface area (TPSA) is 120 Å². The maximum atomic E-state index is 12.7. The van der Waals surface area contributed by atoms with E-state index in [2.05, 4.69) is 16.0 Å². The highest BCUT2D eigenvalue weighted by Crippen LogP contribution is 2.21. The number of ether oxygens (including phenoxy) is 1. The Hall–Kier alpha value is -2.14. The van der Waals surface area contributed by atoms with E-state index in [-0.39, 0.29) is 42.3 Å². The molecule has 0 unspecified atom stereocenters. The van der Waals surface area contributed by atoms with E-state index in [9.17, 15) is 19.6 Å². The van der Waals surface area contributed by atoms with Gasteiger partial charge in [-0.15, -0.1) is 0 Å². The SMILES string of the molecule is CC(C)OCC(=O)N[C@@H](CC(C)(C)C)C(=O)N[C@H](C#N)C[C@@H]1CCNC1=O. The third-order valence-corrected chi connectivity index (χ3v) is 4.17. The maximum Gasteiger partial charge on any atom is 0.246 e. The van der Waals surface area contributed by atoms with Gasteiger partial charge in [-0.25, -0.2) is 0 Å². The Balaban J connectivity index is 2.71. The van der Waals surface area contributed by atoms with Gasteiger partial charge in [0, 0.05) is 12.5 Å². The average Bonchev–Trinajstić information content (AvgIpc) is 2.95. The van der Waals surface area contributed by atoms with Crippen molar-refractivity contribution in [2.24, 2.45) is 11.3 Å². The van der Waals surface area contributed by atoms with Gasteiger partial charge in [0.25, 0.3) is 0 Å². The molecular weight excluding hydrogens is 348 g/mol. The molecule has 1 aliphatic heterocycles. The summed E-state index contributed by atoms with van der Waals surface area (Å²) in [6, 6.07) is 0.486. The molecule has 1 heterocycles. The molecule has 3 atom stereocenters. The Morgan fingerprint density at radius 3 is 2.48 bits per heavy atom. The number of rotatable bonds is 9. The van der Waals surface area contributed by atoms with Gasteiger partial charge in [0.2, 0.25) is 17.7 Å². The van der Waals surface area contributed by atoms with Crippen LogP contribution in [-0.2, 0) is 19.1 Å². The van der Waals surface area contributed by atoms with Crippen molar-refractivity contribution in [1.82, 2.24) is 16.0 Å². The van der Waals surface area contributed by atoms with Crippen molar-refractivity contribution in [1.29, 1.82) is 5.26 Å². The van der Waals surface area contributed by atoms with Crippen molar-refractivity contribution >= 4 is 17.7 Å². The Morgan fingerprint density at radius 2 is 2.00 bits per heavy atom. The summed E-state index contributed by atoms with van der Waals surface area (Å²) in [5.74, 6) is -1.16. The Bertz CT molecular complexity index is 577. The second-order valence-electron chi connectivity index (χ2n) is 8.45. The summed E-state index contributed by atoms with van der Waals surface area (Å²) in [5, 5.41) is 17.5. The first-order valence-electron chi connectivity index (χ1n) is 9.40. The van der Waals surface area contributed by atoms with Gasteiger partial charge in [-0.1, -0.05) is 20.8 Å². The standard InChI is InChI=1S/C19H32N4O4/c1-12(2)27-11-16(24)23-15(9-19(3,4)5)18(26)22-14(10-20)8-13-6-7-21-17(13)25/h12-15H,6-9,11H2,1-5H3,(H,21,25)(H,22,26)(H,23,24)/t13-,14-,15-/m0/s1. The zero-order valence-electron chi connectivity index (χ0n) is 16.9. The van der Waals surface area contributed by atoms with E-state index in [0.717, 1.165) is 0 Å². The molecular formula is C19H32N4O4. The summed E-state index contributed by atoms with van der Waals surface area (Å²) in [6.45, 7) is 10.0. The van der Waals surface area contributed by atoms with Gasteiger partial charge in [0.15, 0.2) is 0 Å². The molecule has 0 radical (unpaired) electrons. The highest BCUT2D eigenvalue weighted by atomic mass is 16.5. The lowest BCUT2D eigenvalue weighted by atomic mass is 9.87. The summed E-state index contributed by atoms with van der Waals surface area (Å²) in [7, 11) is 0. The fourth-order valence-electron chi connectivity index (χ4n) is 2.87. The van der Waals surface area contributed by atoms with Gasteiger partial charge in [0.05, 0.1) is 12.2 Å². The number of nitriles is 1. The number of amides is 3. The smallest absolute Gasteiger partial charge is 0.246 e. The lowest BCUT2D eigenvalue weighted by Gasteiger charge is -2.27. The molecule has 0 aliphatic carbocycles. The van der Waals surface area contributed by atoms with Crippen molar-refractivity contribution in [3.8, 4) is 6.07 Å². The minimum Gasteiger partial charge on any atom is -0.369 e. The molecule has 1 rings (SSSR count). The summed E-state index contributed by atoms with van der Waals surface area (Å²) in [4.78, 5) is 36.5. The van der Waals surface area contributed by atoms with Crippen LogP contribution in [0.5, 0.6) is 0 Å². The molecule has 0 aromatic carbocycles. The fraction of sp³-hybridized carbons (Fsp3) is 0.789. The Morgan fingerprint density at radius 1 is 1.33 bits per heavy atom. The van der Waals surface area contributed by atoms with Crippen molar-refractivity contribution < 1.29 is 19.1 Å². The van der Waals surface area contributed by atoms with Gasteiger partial charge in [-0.3, -0.25) is 14.4 Å². The van der Waals surface area contributed by atoms with Crippen molar-refractivity contribution in [2.45, 2.75) is 72.1 Å². The number of carbonyl (C=O) groups is 3. The third-order valence-electron chi connectivity index (χ3n) is 4.17. The molecule has 3 amide bonds. The maximum absolute atomic E-state index is 12.7. The first kappa shape index (κ1) is 22.9. The quantitative estimate of drug-likeness (QED) is 0.548. The molecule has 0 saturated carbocycles. The molecule has 152 valence electrons. The molecule has 1 aliphatic rings. The van der Waals surface area contributed by atoms with Gasteiger partial charge in [-0.2, -0.15) is 5.26 Å². The van der Waals surface area contributed by atoms with Gasteiger partial charge in [0.1, 0.15) is 18.7 Å². The molecule has 8 nitrogen and oxygen atoms in total. The average molecular weight is 380 g/mol. The van der Waals surface area contributed by atoms with Crippen LogP contribution in [0.2, 0.25) is 0 Å². The normalized spacial score (nSPS) is 19.1. The number of nitrogens with zero attached hydrogens (tertiary/aromatic N) is 1. The Kier molecular flexibility index (Phi) is 8.70. The van der Waals surface area contributed by atoms with E-state index in [1.165, 1.54) is 0 Å². The first-order valence-corrected chi connectivity index (χ1v) is 9.40. The molecule has 0 spiro atoms. The van der Waals surface area contributed by atoms with Crippen molar-refractivity contribution in [2.75, 3.05) is 13.2 Å². The molecule has 1 saturated heterocycles. The number of hydrogen-bond acceptors (Lipinski definition) is 5. The van der Waals surface area contributed by atoms with Crippen molar-refractivity contribution in [3.63, 3.8) is 0 Å². The second-order valence-corrected chi connectivity index (χ2v) is 8.45. The van der Waals surface area contributed by atoms with Crippen LogP contribution in [0.15, 0.2) is 0 Å². The Labute approximate surface area is 161 Å². The number of nitrogens with one attached hydrogen (secondary N) is 3. The minimum atomic E-state index is -0.780. The third kappa shape index (κ3) is 8.87. The van der Waals surface area contributed by atoms with E-state index < -0.39 is 18.0 Å². The number of hydrogen-bond donors (Lipinski definition) is 3. The lowest BCUT2D eigenvalue weighted by Crippen LogP contribution is -2.52. The predicted octanol–water partition coefficient (Wildman–Crippen LogP) is 0.867. The highest BCUT2D eigenvalue weighted by Gasteiger charge is 2.31. The molecule has 1 fully saturated rings. The van der Waals surface area contributed by atoms with Crippen LogP contribution in [0.25, 0.3) is 0 Å². The van der Waals surface area contributed by atoms with Crippen LogP contribution in [0.1, 0.15) is 53.9 Å².